The molecule has 0 saturated heterocycles. The quantitative estimate of drug-likeness (QED) is 0.339. The van der Waals surface area contributed by atoms with Crippen LogP contribution in [0.5, 0.6) is 0 Å². The van der Waals surface area contributed by atoms with Crippen molar-refractivity contribution in [1.82, 2.24) is 0 Å². The SMILES string of the molecule is CCOC(=O)C#C[C@]1(O)[C@H]2C[C@H]2C2C3C(CC[C@@]21C)[C@@]1(C)CC[C@H](O)C[C@@]1(O)[C@@H]1C[C@H]31. The lowest BCUT2D eigenvalue weighted by atomic mass is 9.42. The normalized spacial score (nSPS) is 60.2. The van der Waals surface area contributed by atoms with Gasteiger partial charge >= 0.3 is 5.97 Å². The van der Waals surface area contributed by atoms with Gasteiger partial charge in [-0.05, 0) is 86.4 Å². The van der Waals surface area contributed by atoms with E-state index in [9.17, 15) is 20.1 Å². The highest BCUT2D eigenvalue weighted by Crippen LogP contribution is 2.81. The number of aliphatic hydroxyl groups is 3. The van der Waals surface area contributed by atoms with Gasteiger partial charge in [0, 0.05) is 23.7 Å². The summed E-state index contributed by atoms with van der Waals surface area (Å²) in [4.78, 5) is 11.9. The van der Waals surface area contributed by atoms with Crippen molar-refractivity contribution in [1.29, 1.82) is 0 Å². The van der Waals surface area contributed by atoms with E-state index in [1.54, 1.807) is 6.92 Å². The number of rotatable bonds is 1. The Bertz CT molecular complexity index is 890. The number of hydrogen-bond donors (Lipinski definition) is 3. The van der Waals surface area contributed by atoms with Gasteiger partial charge in [-0.1, -0.05) is 19.8 Å². The van der Waals surface area contributed by atoms with Crippen LogP contribution in [0.15, 0.2) is 0 Å². The summed E-state index contributed by atoms with van der Waals surface area (Å²) < 4.78 is 4.99. The Balaban J connectivity index is 1.37. The molecule has 5 heteroatoms. The zero-order valence-corrected chi connectivity index (χ0v) is 18.9. The third-order valence-corrected chi connectivity index (χ3v) is 11.2. The Labute approximate surface area is 184 Å². The molecule has 0 bridgehead atoms. The lowest BCUT2D eigenvalue weighted by molar-refractivity contribution is -0.233. The number of esters is 1. The zero-order chi connectivity index (χ0) is 22.0. The van der Waals surface area contributed by atoms with Crippen molar-refractivity contribution in [3.05, 3.63) is 0 Å². The second-order valence-corrected chi connectivity index (χ2v) is 12.2. The molecule has 6 saturated carbocycles. The van der Waals surface area contributed by atoms with Crippen molar-refractivity contribution in [2.45, 2.75) is 83.0 Å². The fourth-order valence-electron chi connectivity index (χ4n) is 9.71. The van der Waals surface area contributed by atoms with Crippen molar-refractivity contribution in [2.75, 3.05) is 6.61 Å². The largest absolute Gasteiger partial charge is 0.456 e. The predicted octanol–water partition coefficient (Wildman–Crippen LogP) is 2.51. The Kier molecular flexibility index (Phi) is 4.02. The molecule has 0 aromatic carbocycles. The first kappa shape index (κ1) is 20.5. The summed E-state index contributed by atoms with van der Waals surface area (Å²) in [6.45, 7) is 6.56. The van der Waals surface area contributed by atoms with Gasteiger partial charge in [0.25, 0.3) is 0 Å². The van der Waals surface area contributed by atoms with Crippen molar-refractivity contribution >= 4 is 5.97 Å². The van der Waals surface area contributed by atoms with Crippen LogP contribution in [-0.4, -0.2) is 45.2 Å². The average Bonchev–Trinajstić information content (AvgIpc) is 3.61. The lowest BCUT2D eigenvalue weighted by Gasteiger charge is -2.64. The third kappa shape index (κ3) is 2.32. The van der Waals surface area contributed by atoms with Gasteiger partial charge in [0.2, 0.25) is 0 Å². The van der Waals surface area contributed by atoms with Gasteiger partial charge in [-0.3, -0.25) is 0 Å². The summed E-state index contributed by atoms with van der Waals surface area (Å²) in [7, 11) is 0. The molecule has 6 rings (SSSR count). The molecule has 0 spiro atoms. The minimum Gasteiger partial charge on any atom is -0.456 e. The molecule has 170 valence electrons. The van der Waals surface area contributed by atoms with Crippen molar-refractivity contribution in [3.8, 4) is 11.8 Å². The molecule has 6 fully saturated rings. The maximum atomic E-state index is 11.9. The van der Waals surface area contributed by atoms with E-state index in [4.69, 9.17) is 4.74 Å². The minimum absolute atomic E-state index is 0.155. The van der Waals surface area contributed by atoms with Crippen LogP contribution in [0.1, 0.15) is 65.7 Å². The molecular weight excluding hydrogens is 392 g/mol. The maximum absolute atomic E-state index is 11.9. The molecular formula is C26H36O5. The Morgan fingerprint density at radius 1 is 1.03 bits per heavy atom. The average molecular weight is 429 g/mol. The molecule has 6 aliphatic carbocycles. The molecule has 0 aromatic heterocycles. The first-order valence-electron chi connectivity index (χ1n) is 12.4. The Morgan fingerprint density at radius 2 is 1.74 bits per heavy atom. The highest BCUT2D eigenvalue weighted by Gasteiger charge is 2.81. The Hall–Kier alpha value is -1.09. The molecule has 0 amide bonds. The molecule has 6 aliphatic rings. The van der Waals surface area contributed by atoms with Crippen LogP contribution in [0.3, 0.4) is 0 Å². The van der Waals surface area contributed by atoms with E-state index in [-0.39, 0.29) is 28.8 Å². The highest BCUT2D eigenvalue weighted by atomic mass is 16.5. The summed E-state index contributed by atoms with van der Waals surface area (Å²) >= 11 is 0. The van der Waals surface area contributed by atoms with E-state index in [0.29, 0.717) is 42.6 Å². The van der Waals surface area contributed by atoms with Crippen LogP contribution >= 0.6 is 0 Å². The Morgan fingerprint density at radius 3 is 2.48 bits per heavy atom. The second-order valence-electron chi connectivity index (χ2n) is 12.2. The van der Waals surface area contributed by atoms with Gasteiger partial charge in [-0.25, -0.2) is 4.79 Å². The summed E-state index contributed by atoms with van der Waals surface area (Å²) in [5.41, 5.74) is -2.33. The van der Waals surface area contributed by atoms with Crippen LogP contribution in [0.4, 0.5) is 0 Å². The molecule has 0 aliphatic heterocycles. The molecule has 0 heterocycles. The van der Waals surface area contributed by atoms with Crippen LogP contribution in [-0.2, 0) is 9.53 Å². The van der Waals surface area contributed by atoms with E-state index in [1.807, 2.05) is 0 Å². The van der Waals surface area contributed by atoms with Crippen LogP contribution in [0.25, 0.3) is 0 Å². The van der Waals surface area contributed by atoms with Crippen LogP contribution in [0, 0.1) is 64.1 Å². The molecule has 0 radical (unpaired) electrons. The fourth-order valence-corrected chi connectivity index (χ4v) is 9.71. The van der Waals surface area contributed by atoms with Crippen LogP contribution < -0.4 is 0 Å². The molecule has 3 unspecified atom stereocenters. The summed E-state index contributed by atoms with van der Waals surface area (Å²) in [5.74, 6) is 7.86. The first-order chi connectivity index (χ1) is 14.6. The summed E-state index contributed by atoms with van der Waals surface area (Å²) in [6.07, 6.45) is 5.72. The first-order valence-corrected chi connectivity index (χ1v) is 12.4. The predicted molar refractivity (Wildman–Crippen MR) is 113 cm³/mol. The molecule has 5 nitrogen and oxygen atoms in total. The molecule has 31 heavy (non-hydrogen) atoms. The van der Waals surface area contributed by atoms with E-state index < -0.39 is 17.2 Å². The van der Waals surface area contributed by atoms with E-state index >= 15 is 0 Å². The fraction of sp³-hybridized carbons (Fsp3) is 0.885. The van der Waals surface area contributed by atoms with Gasteiger partial charge in [-0.2, -0.15) is 0 Å². The molecule has 12 atom stereocenters. The van der Waals surface area contributed by atoms with Gasteiger partial charge in [0.15, 0.2) is 0 Å². The van der Waals surface area contributed by atoms with E-state index in [1.165, 1.54) is 0 Å². The van der Waals surface area contributed by atoms with Gasteiger partial charge in [-0.15, -0.1) is 0 Å². The van der Waals surface area contributed by atoms with Gasteiger partial charge in [0.1, 0.15) is 5.60 Å². The van der Waals surface area contributed by atoms with Crippen LogP contribution in [0.2, 0.25) is 0 Å². The monoisotopic (exact) mass is 428 g/mol. The smallest absolute Gasteiger partial charge is 0.384 e. The topological polar surface area (TPSA) is 87.0 Å². The number of carbonyl (C=O) groups excluding carboxylic acids is 1. The van der Waals surface area contributed by atoms with E-state index in [2.05, 4.69) is 25.7 Å². The number of carbonyl (C=O) groups is 1. The number of fused-ring (bicyclic) bond motifs is 10. The number of hydrogen-bond acceptors (Lipinski definition) is 5. The molecule has 0 aromatic rings. The summed E-state index contributed by atoms with van der Waals surface area (Å²) in [5, 5.41) is 34.1. The lowest BCUT2D eigenvalue weighted by Crippen LogP contribution is -2.65. The zero-order valence-electron chi connectivity index (χ0n) is 18.9. The number of aliphatic hydroxyl groups excluding tert-OH is 1. The molecule has 3 N–H and O–H groups in total. The highest BCUT2D eigenvalue weighted by molar-refractivity contribution is 5.88. The van der Waals surface area contributed by atoms with Gasteiger partial charge < -0.3 is 20.1 Å². The third-order valence-electron chi connectivity index (χ3n) is 11.2. The minimum atomic E-state index is -1.12. The van der Waals surface area contributed by atoms with Crippen molar-refractivity contribution < 1.29 is 24.9 Å². The van der Waals surface area contributed by atoms with E-state index in [0.717, 1.165) is 38.5 Å². The van der Waals surface area contributed by atoms with Crippen molar-refractivity contribution in [3.63, 3.8) is 0 Å². The maximum Gasteiger partial charge on any atom is 0.384 e. The second kappa shape index (κ2) is 6.07. The summed E-state index contributed by atoms with van der Waals surface area (Å²) in [6, 6.07) is 0. The van der Waals surface area contributed by atoms with Crippen molar-refractivity contribution in [2.24, 2.45) is 52.3 Å². The van der Waals surface area contributed by atoms with Gasteiger partial charge in [0.05, 0.1) is 18.3 Å². The number of ether oxygens (including phenoxy) is 1. The standard InChI is InChI=1S/C26H36O5/c1-4-31-20(28)7-10-25(29)19-12-16(19)22-21-15-11-18(15)26(30)13-14(27)5-8-23(26,2)17(21)6-9-24(22,25)3/h14-19,21-22,27,29-30H,4-6,8-9,11-13H2,1-3H3/t14-,15-,16+,17?,18+,19-,21?,22?,23+,24-,25-,26+/m0/s1.